The first kappa shape index (κ1) is 18.2. The summed E-state index contributed by atoms with van der Waals surface area (Å²) < 4.78 is 4.74. The molecule has 2 N–H and O–H groups in total. The van der Waals surface area contributed by atoms with Crippen molar-refractivity contribution in [3.63, 3.8) is 0 Å². The third kappa shape index (κ3) is 4.57. The topological polar surface area (TPSA) is 50.4 Å². The van der Waals surface area contributed by atoms with Crippen molar-refractivity contribution in [2.45, 2.75) is 37.8 Å². The molecule has 2 saturated carbocycles. The monoisotopic (exact) mass is 364 g/mol. The highest BCUT2D eigenvalue weighted by Gasteiger charge is 2.45. The number of esters is 1. The SMILES string of the molecule is COC(=O)c1ccc(CNCC2(CN[C@H]3CC3c3ccccc3)CC2)cc1. The Morgan fingerprint density at radius 3 is 2.48 bits per heavy atom. The van der Waals surface area contributed by atoms with Crippen LogP contribution in [0.4, 0.5) is 0 Å². The molecule has 2 aliphatic carbocycles. The second-order valence-electron chi connectivity index (χ2n) is 8.03. The van der Waals surface area contributed by atoms with Gasteiger partial charge in [-0.25, -0.2) is 4.79 Å². The van der Waals surface area contributed by atoms with Gasteiger partial charge in [-0.15, -0.1) is 0 Å². The molecular formula is C23H28N2O2. The summed E-state index contributed by atoms with van der Waals surface area (Å²) in [5, 5.41) is 7.39. The van der Waals surface area contributed by atoms with Crippen LogP contribution in [0.1, 0.15) is 46.7 Å². The molecule has 2 aliphatic rings. The Labute approximate surface area is 161 Å². The first-order valence-electron chi connectivity index (χ1n) is 9.85. The molecule has 0 saturated heterocycles. The predicted molar refractivity (Wildman–Crippen MR) is 107 cm³/mol. The second-order valence-corrected chi connectivity index (χ2v) is 8.03. The molecule has 4 nitrogen and oxygen atoms in total. The minimum absolute atomic E-state index is 0.286. The molecule has 142 valence electrons. The molecule has 1 unspecified atom stereocenters. The van der Waals surface area contributed by atoms with Crippen LogP contribution in [0.3, 0.4) is 0 Å². The highest BCUT2D eigenvalue weighted by molar-refractivity contribution is 5.89. The van der Waals surface area contributed by atoms with Crippen LogP contribution in [0, 0.1) is 5.41 Å². The summed E-state index contributed by atoms with van der Waals surface area (Å²) in [6.45, 7) is 2.98. The number of carbonyl (C=O) groups excluding carboxylic acids is 1. The fourth-order valence-electron chi connectivity index (χ4n) is 3.78. The Bertz CT molecular complexity index is 769. The first-order chi connectivity index (χ1) is 13.2. The van der Waals surface area contributed by atoms with Crippen LogP contribution < -0.4 is 10.6 Å². The Morgan fingerprint density at radius 1 is 1.07 bits per heavy atom. The summed E-state index contributed by atoms with van der Waals surface area (Å²) in [5.74, 6) is 0.412. The maximum Gasteiger partial charge on any atom is 0.337 e. The molecule has 0 amide bonds. The summed E-state index contributed by atoms with van der Waals surface area (Å²) in [4.78, 5) is 11.5. The first-order valence-corrected chi connectivity index (χ1v) is 9.85. The molecule has 4 heteroatoms. The van der Waals surface area contributed by atoms with Gasteiger partial charge in [0, 0.05) is 31.6 Å². The summed E-state index contributed by atoms with van der Waals surface area (Å²) in [5.41, 5.74) is 3.68. The van der Waals surface area contributed by atoms with E-state index in [1.165, 1.54) is 37.5 Å². The van der Waals surface area contributed by atoms with E-state index in [0.29, 0.717) is 22.9 Å². The number of methoxy groups -OCH3 is 1. The van der Waals surface area contributed by atoms with Crippen molar-refractivity contribution >= 4 is 5.97 Å². The molecule has 0 aromatic heterocycles. The Kier molecular flexibility index (Phi) is 5.28. The number of ether oxygens (including phenoxy) is 1. The van der Waals surface area contributed by atoms with Crippen LogP contribution in [-0.2, 0) is 11.3 Å². The largest absolute Gasteiger partial charge is 0.465 e. The van der Waals surface area contributed by atoms with Crippen molar-refractivity contribution in [1.82, 2.24) is 10.6 Å². The number of hydrogen-bond donors (Lipinski definition) is 2. The molecule has 0 radical (unpaired) electrons. The molecule has 0 bridgehead atoms. The number of carbonyl (C=O) groups is 1. The standard InChI is InChI=1S/C23H28N2O2/c1-27-22(26)19-9-7-17(8-10-19)14-24-15-23(11-12-23)16-25-21-13-20(21)18-5-3-2-4-6-18/h2-10,20-21,24-25H,11-16H2,1H3/t20?,21-/m0/s1. The molecule has 27 heavy (non-hydrogen) atoms. The second kappa shape index (κ2) is 7.83. The van der Waals surface area contributed by atoms with Gasteiger partial charge in [0.15, 0.2) is 0 Å². The quantitative estimate of drug-likeness (QED) is 0.669. The third-order valence-electron chi connectivity index (χ3n) is 5.92. The van der Waals surface area contributed by atoms with Gasteiger partial charge >= 0.3 is 5.97 Å². The number of benzene rings is 2. The number of rotatable bonds is 9. The van der Waals surface area contributed by atoms with E-state index >= 15 is 0 Å². The van der Waals surface area contributed by atoms with E-state index in [-0.39, 0.29) is 5.97 Å². The Hall–Kier alpha value is -2.17. The minimum atomic E-state index is -0.286. The maximum atomic E-state index is 11.5. The normalized spacial score (nSPS) is 22.3. The van der Waals surface area contributed by atoms with Crippen LogP contribution in [0.5, 0.6) is 0 Å². The molecule has 2 aromatic rings. The summed E-state index contributed by atoms with van der Waals surface area (Å²) in [6.07, 6.45) is 3.87. The lowest BCUT2D eigenvalue weighted by molar-refractivity contribution is 0.0600. The van der Waals surface area contributed by atoms with Gasteiger partial charge < -0.3 is 15.4 Å². The molecule has 0 aliphatic heterocycles. The zero-order valence-corrected chi connectivity index (χ0v) is 15.9. The zero-order chi connectivity index (χ0) is 18.7. The number of nitrogens with one attached hydrogen (secondary N) is 2. The van der Waals surface area contributed by atoms with Crippen molar-refractivity contribution in [2.75, 3.05) is 20.2 Å². The minimum Gasteiger partial charge on any atom is -0.465 e. The lowest BCUT2D eigenvalue weighted by Gasteiger charge is -2.17. The molecule has 0 spiro atoms. The zero-order valence-electron chi connectivity index (χ0n) is 15.9. The molecule has 2 atom stereocenters. The van der Waals surface area contributed by atoms with Crippen LogP contribution in [0.15, 0.2) is 54.6 Å². The average Bonchev–Trinajstić information content (AvgIpc) is 3.63. The van der Waals surface area contributed by atoms with Gasteiger partial charge in [0.25, 0.3) is 0 Å². The summed E-state index contributed by atoms with van der Waals surface area (Å²) >= 11 is 0. The van der Waals surface area contributed by atoms with Gasteiger partial charge in [-0.05, 0) is 47.9 Å². The van der Waals surface area contributed by atoms with Gasteiger partial charge in [0.1, 0.15) is 0 Å². The Morgan fingerprint density at radius 2 is 1.81 bits per heavy atom. The van der Waals surface area contributed by atoms with Crippen molar-refractivity contribution in [3.8, 4) is 0 Å². The lowest BCUT2D eigenvalue weighted by atomic mass is 10.1. The van der Waals surface area contributed by atoms with E-state index in [9.17, 15) is 4.79 Å². The molecular weight excluding hydrogens is 336 g/mol. The molecule has 2 aromatic carbocycles. The van der Waals surface area contributed by atoms with Crippen LogP contribution >= 0.6 is 0 Å². The van der Waals surface area contributed by atoms with Gasteiger partial charge in [-0.1, -0.05) is 42.5 Å². The van der Waals surface area contributed by atoms with Crippen molar-refractivity contribution in [1.29, 1.82) is 0 Å². The highest BCUT2D eigenvalue weighted by atomic mass is 16.5. The van der Waals surface area contributed by atoms with Gasteiger partial charge in [0.05, 0.1) is 12.7 Å². The van der Waals surface area contributed by atoms with Crippen molar-refractivity contribution in [2.24, 2.45) is 5.41 Å². The van der Waals surface area contributed by atoms with E-state index in [1.54, 1.807) is 0 Å². The van der Waals surface area contributed by atoms with Crippen molar-refractivity contribution in [3.05, 3.63) is 71.3 Å². The van der Waals surface area contributed by atoms with Crippen LogP contribution in [-0.4, -0.2) is 32.2 Å². The molecule has 2 fully saturated rings. The summed E-state index contributed by atoms with van der Waals surface area (Å²) in [6, 6.07) is 19.1. The fraction of sp³-hybridized carbons (Fsp3) is 0.435. The highest BCUT2D eigenvalue weighted by Crippen LogP contribution is 2.46. The fourth-order valence-corrected chi connectivity index (χ4v) is 3.78. The molecule has 4 rings (SSSR count). The predicted octanol–water partition coefficient (Wildman–Crippen LogP) is 3.49. The lowest BCUT2D eigenvalue weighted by Crippen LogP contribution is -2.34. The van der Waals surface area contributed by atoms with E-state index in [2.05, 4.69) is 41.0 Å². The van der Waals surface area contributed by atoms with E-state index < -0.39 is 0 Å². The van der Waals surface area contributed by atoms with Crippen LogP contribution in [0.2, 0.25) is 0 Å². The van der Waals surface area contributed by atoms with Gasteiger partial charge in [-0.2, -0.15) is 0 Å². The average molecular weight is 364 g/mol. The van der Waals surface area contributed by atoms with Gasteiger partial charge in [-0.3, -0.25) is 0 Å². The van der Waals surface area contributed by atoms with E-state index in [0.717, 1.165) is 19.6 Å². The molecule has 0 heterocycles. The van der Waals surface area contributed by atoms with Gasteiger partial charge in [0.2, 0.25) is 0 Å². The van der Waals surface area contributed by atoms with Crippen LogP contribution in [0.25, 0.3) is 0 Å². The van der Waals surface area contributed by atoms with Crippen molar-refractivity contribution < 1.29 is 9.53 Å². The maximum absolute atomic E-state index is 11.5. The van der Waals surface area contributed by atoms with E-state index in [4.69, 9.17) is 4.74 Å². The number of hydrogen-bond acceptors (Lipinski definition) is 4. The smallest absolute Gasteiger partial charge is 0.337 e. The third-order valence-corrected chi connectivity index (χ3v) is 5.92. The van der Waals surface area contributed by atoms with E-state index in [1.807, 2.05) is 24.3 Å². The Balaban J connectivity index is 1.18. The summed E-state index contributed by atoms with van der Waals surface area (Å²) in [7, 11) is 1.41.